The molecule has 0 aliphatic rings. The van der Waals surface area contributed by atoms with Crippen LogP contribution in [-0.2, 0) is 0 Å². The molecule has 0 bridgehead atoms. The van der Waals surface area contributed by atoms with Gasteiger partial charge in [0.15, 0.2) is 5.76 Å². The number of carbonyl (C=O) groups excluding carboxylic acids is 1. The average molecular weight is 350 g/mol. The molecule has 0 aliphatic carbocycles. The summed E-state index contributed by atoms with van der Waals surface area (Å²) in [6.07, 6.45) is 0. The molecular formula is C20H18N2O4. The first-order chi connectivity index (χ1) is 12.3. The summed E-state index contributed by atoms with van der Waals surface area (Å²) in [4.78, 5) is 23.1. The molecule has 0 aliphatic heterocycles. The Morgan fingerprint density at radius 3 is 2.46 bits per heavy atom. The van der Waals surface area contributed by atoms with Crippen LogP contribution in [0.25, 0.3) is 11.3 Å². The van der Waals surface area contributed by atoms with Crippen molar-refractivity contribution in [1.29, 1.82) is 0 Å². The number of aryl methyl sites for hydroxylation is 3. The molecule has 0 fully saturated rings. The molecule has 1 heterocycles. The summed E-state index contributed by atoms with van der Waals surface area (Å²) in [6.45, 7) is 5.78. The second-order valence-corrected chi connectivity index (χ2v) is 6.19. The van der Waals surface area contributed by atoms with Crippen LogP contribution in [0.5, 0.6) is 0 Å². The second kappa shape index (κ2) is 6.84. The standard InChI is InChI=1S/C20H18N2O4/c1-12-4-7-16(17(10-12)22(24)25)21-20(23)19-9-8-18(26-19)15-6-5-13(2)14(3)11-15/h4-11H,1-3H3,(H,21,23). The minimum atomic E-state index is -0.535. The van der Waals surface area contributed by atoms with Gasteiger partial charge >= 0.3 is 0 Å². The maximum absolute atomic E-state index is 12.4. The van der Waals surface area contributed by atoms with Gasteiger partial charge in [0, 0.05) is 11.6 Å². The van der Waals surface area contributed by atoms with Gasteiger partial charge in [0.25, 0.3) is 11.6 Å². The molecule has 1 amide bonds. The van der Waals surface area contributed by atoms with E-state index in [9.17, 15) is 14.9 Å². The summed E-state index contributed by atoms with van der Waals surface area (Å²) in [5, 5.41) is 13.7. The van der Waals surface area contributed by atoms with Gasteiger partial charge in [-0.25, -0.2) is 0 Å². The molecule has 3 aromatic rings. The van der Waals surface area contributed by atoms with Crippen molar-refractivity contribution in [1.82, 2.24) is 0 Å². The van der Waals surface area contributed by atoms with Crippen LogP contribution in [0.15, 0.2) is 52.9 Å². The maximum Gasteiger partial charge on any atom is 0.293 e. The van der Waals surface area contributed by atoms with Crippen molar-refractivity contribution < 1.29 is 14.1 Å². The van der Waals surface area contributed by atoms with Gasteiger partial charge in [-0.2, -0.15) is 0 Å². The summed E-state index contributed by atoms with van der Waals surface area (Å²) in [5.41, 5.74) is 3.89. The Balaban J connectivity index is 1.85. The Hall–Kier alpha value is -3.41. The lowest BCUT2D eigenvalue weighted by molar-refractivity contribution is -0.384. The molecule has 6 nitrogen and oxygen atoms in total. The number of rotatable bonds is 4. The van der Waals surface area contributed by atoms with Crippen LogP contribution in [0.2, 0.25) is 0 Å². The third-order valence-electron chi connectivity index (χ3n) is 4.22. The molecule has 0 radical (unpaired) electrons. The number of furan rings is 1. The number of amides is 1. The largest absolute Gasteiger partial charge is 0.451 e. The van der Waals surface area contributed by atoms with Crippen LogP contribution in [-0.4, -0.2) is 10.8 Å². The summed E-state index contributed by atoms with van der Waals surface area (Å²) >= 11 is 0. The van der Waals surface area contributed by atoms with E-state index in [0.29, 0.717) is 5.76 Å². The topological polar surface area (TPSA) is 85.4 Å². The fourth-order valence-corrected chi connectivity index (χ4v) is 2.59. The molecule has 6 heteroatoms. The van der Waals surface area contributed by atoms with Crippen molar-refractivity contribution in [3.8, 4) is 11.3 Å². The van der Waals surface area contributed by atoms with Crippen molar-refractivity contribution >= 4 is 17.3 Å². The normalized spacial score (nSPS) is 10.6. The number of carbonyl (C=O) groups is 1. The van der Waals surface area contributed by atoms with Crippen molar-refractivity contribution in [2.45, 2.75) is 20.8 Å². The lowest BCUT2D eigenvalue weighted by atomic mass is 10.1. The highest BCUT2D eigenvalue weighted by molar-refractivity contribution is 6.03. The molecule has 0 saturated carbocycles. The van der Waals surface area contributed by atoms with Gasteiger partial charge in [0.05, 0.1) is 4.92 Å². The Kier molecular flexibility index (Phi) is 4.58. The van der Waals surface area contributed by atoms with E-state index >= 15 is 0 Å². The van der Waals surface area contributed by atoms with E-state index in [-0.39, 0.29) is 17.1 Å². The molecule has 26 heavy (non-hydrogen) atoms. The van der Waals surface area contributed by atoms with E-state index < -0.39 is 10.8 Å². The third-order valence-corrected chi connectivity index (χ3v) is 4.22. The predicted octanol–water partition coefficient (Wildman–Crippen LogP) is 5.03. The zero-order valence-corrected chi connectivity index (χ0v) is 14.7. The average Bonchev–Trinajstić information content (AvgIpc) is 3.09. The molecule has 1 aromatic heterocycles. The summed E-state index contributed by atoms with van der Waals surface area (Å²) in [7, 11) is 0. The molecule has 0 saturated heterocycles. The molecule has 132 valence electrons. The van der Waals surface area contributed by atoms with Crippen LogP contribution in [0.4, 0.5) is 11.4 Å². The second-order valence-electron chi connectivity index (χ2n) is 6.19. The van der Waals surface area contributed by atoms with Gasteiger partial charge in [-0.05, 0) is 61.7 Å². The first kappa shape index (κ1) is 17.4. The zero-order valence-electron chi connectivity index (χ0n) is 14.7. The minimum absolute atomic E-state index is 0.0908. The number of hydrogen-bond acceptors (Lipinski definition) is 4. The smallest absolute Gasteiger partial charge is 0.293 e. The molecule has 0 spiro atoms. The zero-order chi connectivity index (χ0) is 18.8. The highest BCUT2D eigenvalue weighted by atomic mass is 16.6. The number of anilines is 1. The van der Waals surface area contributed by atoms with E-state index in [4.69, 9.17) is 4.42 Å². The van der Waals surface area contributed by atoms with E-state index in [0.717, 1.165) is 16.7 Å². The van der Waals surface area contributed by atoms with Crippen molar-refractivity contribution in [3.63, 3.8) is 0 Å². The highest BCUT2D eigenvalue weighted by Crippen LogP contribution is 2.28. The molecular weight excluding hydrogens is 332 g/mol. The lowest BCUT2D eigenvalue weighted by Crippen LogP contribution is -2.12. The maximum atomic E-state index is 12.4. The van der Waals surface area contributed by atoms with Crippen molar-refractivity contribution in [2.75, 3.05) is 5.32 Å². The SMILES string of the molecule is Cc1ccc(NC(=O)c2ccc(-c3ccc(C)c(C)c3)o2)c([N+](=O)[O-])c1. The number of hydrogen-bond donors (Lipinski definition) is 1. The third kappa shape index (κ3) is 3.49. The number of nitrogens with one attached hydrogen (secondary N) is 1. The predicted molar refractivity (Wildman–Crippen MR) is 99.4 cm³/mol. The first-order valence-electron chi connectivity index (χ1n) is 8.09. The van der Waals surface area contributed by atoms with E-state index in [1.54, 1.807) is 25.1 Å². The van der Waals surface area contributed by atoms with Crippen molar-refractivity contribution in [3.05, 3.63) is 81.1 Å². The number of nitro groups is 1. The molecule has 3 rings (SSSR count). The highest BCUT2D eigenvalue weighted by Gasteiger charge is 2.19. The first-order valence-corrected chi connectivity index (χ1v) is 8.09. The summed E-state index contributed by atoms with van der Waals surface area (Å²) in [6, 6.07) is 13.8. The van der Waals surface area contributed by atoms with Gasteiger partial charge in [-0.15, -0.1) is 0 Å². The van der Waals surface area contributed by atoms with Gasteiger partial charge in [0.2, 0.25) is 0 Å². The molecule has 0 unspecified atom stereocenters. The van der Waals surface area contributed by atoms with Crippen LogP contribution < -0.4 is 5.32 Å². The quantitative estimate of drug-likeness (QED) is 0.528. The van der Waals surface area contributed by atoms with Crippen LogP contribution >= 0.6 is 0 Å². The van der Waals surface area contributed by atoms with E-state index in [1.807, 2.05) is 32.0 Å². The lowest BCUT2D eigenvalue weighted by Gasteiger charge is -2.05. The fourth-order valence-electron chi connectivity index (χ4n) is 2.59. The van der Waals surface area contributed by atoms with Crippen LogP contribution in [0, 0.1) is 30.9 Å². The van der Waals surface area contributed by atoms with Crippen molar-refractivity contribution in [2.24, 2.45) is 0 Å². The molecule has 2 aromatic carbocycles. The Labute approximate surface area is 150 Å². The van der Waals surface area contributed by atoms with E-state index in [1.165, 1.54) is 17.7 Å². The fraction of sp³-hybridized carbons (Fsp3) is 0.150. The molecule has 0 atom stereocenters. The van der Waals surface area contributed by atoms with Gasteiger partial charge < -0.3 is 9.73 Å². The number of nitro benzene ring substituents is 1. The minimum Gasteiger partial charge on any atom is -0.451 e. The van der Waals surface area contributed by atoms with Crippen LogP contribution in [0.3, 0.4) is 0 Å². The number of nitrogens with zero attached hydrogens (tertiary/aromatic N) is 1. The van der Waals surface area contributed by atoms with Gasteiger partial charge in [-0.3, -0.25) is 14.9 Å². The van der Waals surface area contributed by atoms with Crippen LogP contribution in [0.1, 0.15) is 27.2 Å². The summed E-state index contributed by atoms with van der Waals surface area (Å²) in [5.74, 6) is 0.122. The Morgan fingerprint density at radius 1 is 1.00 bits per heavy atom. The van der Waals surface area contributed by atoms with E-state index in [2.05, 4.69) is 5.32 Å². The monoisotopic (exact) mass is 350 g/mol. The van der Waals surface area contributed by atoms with Gasteiger partial charge in [0.1, 0.15) is 11.4 Å². The Morgan fingerprint density at radius 2 is 1.77 bits per heavy atom. The molecule has 1 N–H and O–H groups in total. The number of benzene rings is 2. The van der Waals surface area contributed by atoms with Gasteiger partial charge in [-0.1, -0.05) is 18.2 Å². The summed E-state index contributed by atoms with van der Waals surface area (Å²) < 4.78 is 5.64. The Bertz CT molecular complexity index is 1000.